The van der Waals surface area contributed by atoms with Crippen molar-refractivity contribution in [3.05, 3.63) is 58.7 Å². The maximum absolute atomic E-state index is 12.4. The van der Waals surface area contributed by atoms with E-state index in [-0.39, 0.29) is 18.7 Å². The first-order valence-electron chi connectivity index (χ1n) is 8.07. The highest BCUT2D eigenvalue weighted by atomic mass is 16.5. The molecule has 1 aliphatic heterocycles. The minimum Gasteiger partial charge on any atom is -0.465 e. The van der Waals surface area contributed by atoms with Crippen LogP contribution < -0.4 is 5.32 Å². The molecule has 0 fully saturated rings. The molecule has 1 unspecified atom stereocenters. The lowest BCUT2D eigenvalue weighted by atomic mass is 9.93. The molecule has 1 aromatic rings. The Kier molecular flexibility index (Phi) is 5.88. The molecule has 0 saturated heterocycles. The quantitative estimate of drug-likeness (QED) is 0.609. The average molecular weight is 342 g/mol. The third-order valence-corrected chi connectivity index (χ3v) is 3.73. The van der Waals surface area contributed by atoms with E-state index in [2.05, 4.69) is 10.3 Å². The van der Waals surface area contributed by atoms with Gasteiger partial charge in [0.15, 0.2) is 5.72 Å². The number of carbonyl (C=O) groups excluding carboxylic acids is 2. The van der Waals surface area contributed by atoms with Gasteiger partial charge in [0.2, 0.25) is 0 Å². The van der Waals surface area contributed by atoms with Crippen molar-refractivity contribution in [3.63, 3.8) is 0 Å². The standard InChI is InChI=1S/C19H22N2O4/c1-4-7-16-15(11-20-12-17(22)25-5-2)18(23)21-19(16,24)14-9-6-8-13(3)10-14/h4,6-11,24H,5,12H2,1-3H3,(H,21,23)/b7-4-,20-11+. The fourth-order valence-corrected chi connectivity index (χ4v) is 2.64. The molecule has 132 valence electrons. The molecule has 6 nitrogen and oxygen atoms in total. The summed E-state index contributed by atoms with van der Waals surface area (Å²) >= 11 is 0. The fraction of sp³-hybridized carbons (Fsp3) is 0.316. The summed E-state index contributed by atoms with van der Waals surface area (Å²) in [5, 5.41) is 13.7. The van der Waals surface area contributed by atoms with Crippen molar-refractivity contribution in [3.8, 4) is 0 Å². The highest BCUT2D eigenvalue weighted by Gasteiger charge is 2.43. The highest BCUT2D eigenvalue weighted by molar-refractivity contribution is 6.16. The van der Waals surface area contributed by atoms with Crippen molar-refractivity contribution < 1.29 is 19.4 Å². The lowest BCUT2D eigenvalue weighted by Crippen LogP contribution is -2.41. The number of nitrogens with one attached hydrogen (secondary N) is 1. The predicted molar refractivity (Wildman–Crippen MR) is 95.1 cm³/mol. The van der Waals surface area contributed by atoms with E-state index < -0.39 is 17.6 Å². The van der Waals surface area contributed by atoms with Crippen LogP contribution in [-0.4, -0.2) is 36.3 Å². The van der Waals surface area contributed by atoms with Crippen LogP contribution in [0.2, 0.25) is 0 Å². The summed E-state index contributed by atoms with van der Waals surface area (Å²) < 4.78 is 4.80. The molecule has 2 rings (SSSR count). The van der Waals surface area contributed by atoms with Gasteiger partial charge < -0.3 is 15.2 Å². The third kappa shape index (κ3) is 4.03. The van der Waals surface area contributed by atoms with Crippen molar-refractivity contribution in [1.29, 1.82) is 0 Å². The summed E-state index contributed by atoms with van der Waals surface area (Å²) in [6.45, 7) is 5.50. The summed E-state index contributed by atoms with van der Waals surface area (Å²) in [6, 6.07) is 7.28. The monoisotopic (exact) mass is 342 g/mol. The van der Waals surface area contributed by atoms with Gasteiger partial charge in [-0.1, -0.05) is 42.0 Å². The van der Waals surface area contributed by atoms with E-state index in [1.165, 1.54) is 6.21 Å². The average Bonchev–Trinajstić information content (AvgIpc) is 2.80. The van der Waals surface area contributed by atoms with Crippen molar-refractivity contribution in [2.24, 2.45) is 4.99 Å². The van der Waals surface area contributed by atoms with Crippen LogP contribution in [0.15, 0.2) is 52.6 Å². The number of carbonyl (C=O) groups is 2. The zero-order chi connectivity index (χ0) is 18.4. The number of rotatable bonds is 6. The Labute approximate surface area is 146 Å². The van der Waals surface area contributed by atoms with Gasteiger partial charge in [-0.2, -0.15) is 0 Å². The minimum atomic E-state index is -1.64. The van der Waals surface area contributed by atoms with Gasteiger partial charge >= 0.3 is 5.97 Å². The van der Waals surface area contributed by atoms with Gasteiger partial charge in [0.25, 0.3) is 5.91 Å². The molecule has 0 bridgehead atoms. The van der Waals surface area contributed by atoms with Crippen molar-refractivity contribution in [2.45, 2.75) is 26.5 Å². The van der Waals surface area contributed by atoms with Crippen LogP contribution in [-0.2, 0) is 20.1 Å². The number of nitrogens with zero attached hydrogens (tertiary/aromatic N) is 1. The minimum absolute atomic E-state index is 0.184. The van der Waals surface area contributed by atoms with Crippen molar-refractivity contribution in [2.75, 3.05) is 13.2 Å². The summed E-state index contributed by atoms with van der Waals surface area (Å²) in [7, 11) is 0. The zero-order valence-electron chi connectivity index (χ0n) is 14.6. The molecule has 1 amide bonds. The third-order valence-electron chi connectivity index (χ3n) is 3.73. The van der Waals surface area contributed by atoms with E-state index in [1.54, 1.807) is 32.1 Å². The first kappa shape index (κ1) is 18.6. The Morgan fingerprint density at radius 3 is 2.84 bits per heavy atom. The lowest BCUT2D eigenvalue weighted by Gasteiger charge is -2.26. The summed E-state index contributed by atoms with van der Waals surface area (Å²) in [5.74, 6) is -0.927. The first-order valence-corrected chi connectivity index (χ1v) is 8.07. The maximum Gasteiger partial charge on any atom is 0.327 e. The molecule has 1 heterocycles. The predicted octanol–water partition coefficient (Wildman–Crippen LogP) is 1.78. The van der Waals surface area contributed by atoms with E-state index in [1.807, 2.05) is 25.1 Å². The highest BCUT2D eigenvalue weighted by Crippen LogP contribution is 2.35. The van der Waals surface area contributed by atoms with Crippen LogP contribution in [0.4, 0.5) is 0 Å². The SMILES string of the molecule is C/C=C\C1=C(/C=N/CC(=O)OCC)C(=O)NC1(O)c1cccc(C)c1. The maximum atomic E-state index is 12.4. The molecular formula is C19H22N2O4. The molecule has 0 aliphatic carbocycles. The second kappa shape index (κ2) is 7.90. The van der Waals surface area contributed by atoms with Crippen LogP contribution >= 0.6 is 0 Å². The summed E-state index contributed by atoms with van der Waals surface area (Å²) in [6.07, 6.45) is 4.69. The number of benzene rings is 1. The molecule has 0 spiro atoms. The number of hydrogen-bond donors (Lipinski definition) is 2. The van der Waals surface area contributed by atoms with Crippen LogP contribution in [0.5, 0.6) is 0 Å². The van der Waals surface area contributed by atoms with Crippen LogP contribution in [0.1, 0.15) is 25.0 Å². The van der Waals surface area contributed by atoms with Crippen LogP contribution in [0.3, 0.4) is 0 Å². The second-order valence-corrected chi connectivity index (χ2v) is 5.64. The molecule has 1 atom stereocenters. The molecule has 25 heavy (non-hydrogen) atoms. The molecule has 0 radical (unpaired) electrons. The Bertz CT molecular complexity index is 764. The fourth-order valence-electron chi connectivity index (χ4n) is 2.64. The lowest BCUT2D eigenvalue weighted by molar-refractivity contribution is -0.141. The van der Waals surface area contributed by atoms with Crippen LogP contribution in [0.25, 0.3) is 0 Å². The molecule has 0 saturated carbocycles. The number of esters is 1. The normalized spacial score (nSPS) is 20.6. The van der Waals surface area contributed by atoms with Gasteiger partial charge in [-0.25, -0.2) is 0 Å². The molecule has 0 aromatic heterocycles. The second-order valence-electron chi connectivity index (χ2n) is 5.64. The number of allylic oxidation sites excluding steroid dienone is 1. The number of ether oxygens (including phenoxy) is 1. The van der Waals surface area contributed by atoms with E-state index >= 15 is 0 Å². The Hall–Kier alpha value is -2.73. The van der Waals surface area contributed by atoms with Gasteiger partial charge in [-0.15, -0.1) is 0 Å². The number of amides is 1. The van der Waals surface area contributed by atoms with E-state index in [0.29, 0.717) is 11.1 Å². The first-order chi connectivity index (χ1) is 11.9. The summed E-state index contributed by atoms with van der Waals surface area (Å²) in [5.41, 5.74) is 0.484. The van der Waals surface area contributed by atoms with E-state index in [9.17, 15) is 14.7 Å². The van der Waals surface area contributed by atoms with Gasteiger partial charge in [0.05, 0.1) is 12.2 Å². The molecule has 2 N–H and O–H groups in total. The number of hydrogen-bond acceptors (Lipinski definition) is 5. The molecular weight excluding hydrogens is 320 g/mol. The molecule has 6 heteroatoms. The smallest absolute Gasteiger partial charge is 0.327 e. The van der Waals surface area contributed by atoms with E-state index in [0.717, 1.165) is 5.56 Å². The van der Waals surface area contributed by atoms with Gasteiger partial charge in [0, 0.05) is 17.4 Å². The number of aliphatic hydroxyl groups is 1. The zero-order valence-corrected chi connectivity index (χ0v) is 14.6. The Balaban J connectivity index is 2.40. The van der Waals surface area contributed by atoms with Gasteiger partial charge in [0.1, 0.15) is 6.54 Å². The number of aliphatic imine (C=N–C) groups is 1. The van der Waals surface area contributed by atoms with Gasteiger partial charge in [-0.05, 0) is 20.8 Å². The van der Waals surface area contributed by atoms with E-state index in [4.69, 9.17) is 4.74 Å². The topological polar surface area (TPSA) is 88.0 Å². The van der Waals surface area contributed by atoms with Crippen molar-refractivity contribution in [1.82, 2.24) is 5.32 Å². The Morgan fingerprint density at radius 1 is 1.44 bits per heavy atom. The summed E-state index contributed by atoms with van der Waals surface area (Å²) in [4.78, 5) is 27.7. The number of aryl methyl sites for hydroxylation is 1. The van der Waals surface area contributed by atoms with Crippen molar-refractivity contribution >= 4 is 18.1 Å². The van der Waals surface area contributed by atoms with Crippen LogP contribution in [0, 0.1) is 6.92 Å². The largest absolute Gasteiger partial charge is 0.465 e. The molecule has 1 aromatic carbocycles. The van der Waals surface area contributed by atoms with Gasteiger partial charge in [-0.3, -0.25) is 14.6 Å². The molecule has 1 aliphatic rings. The Morgan fingerprint density at radius 2 is 2.20 bits per heavy atom.